The van der Waals surface area contributed by atoms with Crippen molar-refractivity contribution in [2.75, 3.05) is 0 Å². The second-order valence-electron chi connectivity index (χ2n) is 11.4. The van der Waals surface area contributed by atoms with Gasteiger partial charge in [-0.2, -0.15) is 0 Å². The van der Waals surface area contributed by atoms with Crippen LogP contribution in [0, 0.1) is 17.3 Å². The molecule has 0 aromatic heterocycles. The van der Waals surface area contributed by atoms with Crippen LogP contribution in [0.4, 0.5) is 4.79 Å². The molecule has 5 N–H and O–H groups in total. The van der Waals surface area contributed by atoms with Gasteiger partial charge in [-0.3, -0.25) is 9.59 Å². The molecule has 1 aromatic carbocycles. The summed E-state index contributed by atoms with van der Waals surface area (Å²) in [5.41, 5.74) is 4.04. The Bertz CT molecular complexity index is 912. The number of primary amides is 1. The molecule has 4 atom stereocenters. The van der Waals surface area contributed by atoms with Gasteiger partial charge in [-0.25, -0.2) is 4.79 Å². The fourth-order valence-electron chi connectivity index (χ4n) is 6.73. The van der Waals surface area contributed by atoms with E-state index >= 15 is 0 Å². The van der Waals surface area contributed by atoms with Crippen LogP contribution in [0.25, 0.3) is 0 Å². The molecule has 8 nitrogen and oxygen atoms in total. The second kappa shape index (κ2) is 8.31. The quantitative estimate of drug-likeness (QED) is 0.521. The van der Waals surface area contributed by atoms with Crippen LogP contribution in [-0.4, -0.2) is 40.3 Å². The van der Waals surface area contributed by atoms with E-state index < -0.39 is 46.6 Å². The smallest absolute Gasteiger partial charge is 0.408 e. The van der Waals surface area contributed by atoms with E-state index in [0.29, 0.717) is 23.8 Å². The number of benzene rings is 1. The minimum Gasteiger partial charge on any atom is -0.444 e. The highest BCUT2D eigenvalue weighted by atomic mass is 16.6. The van der Waals surface area contributed by atoms with Crippen LogP contribution < -0.4 is 16.4 Å². The van der Waals surface area contributed by atoms with E-state index in [1.54, 1.807) is 45.0 Å². The van der Waals surface area contributed by atoms with Crippen LogP contribution in [0.2, 0.25) is 0 Å². The molecule has 0 aliphatic heterocycles. The molecule has 33 heavy (non-hydrogen) atoms. The van der Waals surface area contributed by atoms with Gasteiger partial charge in [0.1, 0.15) is 17.7 Å². The minimum atomic E-state index is -1.03. The molecule has 0 radical (unpaired) electrons. The Kier molecular flexibility index (Phi) is 5.93. The molecule has 4 saturated carbocycles. The van der Waals surface area contributed by atoms with Crippen molar-refractivity contribution in [2.45, 2.75) is 82.6 Å². The van der Waals surface area contributed by atoms with E-state index in [1.165, 1.54) is 0 Å². The van der Waals surface area contributed by atoms with Gasteiger partial charge in [-0.15, -0.1) is 0 Å². The van der Waals surface area contributed by atoms with Gasteiger partial charge in [-0.05, 0) is 76.7 Å². The van der Waals surface area contributed by atoms with Crippen LogP contribution in [0.15, 0.2) is 30.3 Å². The molecule has 180 valence electrons. The first-order valence-corrected chi connectivity index (χ1v) is 11.7. The van der Waals surface area contributed by atoms with Crippen molar-refractivity contribution >= 4 is 17.9 Å². The molecular weight excluding hydrogens is 422 g/mol. The monoisotopic (exact) mass is 457 g/mol. The lowest BCUT2D eigenvalue weighted by atomic mass is 9.46. The van der Waals surface area contributed by atoms with Crippen LogP contribution in [0.3, 0.4) is 0 Å². The SMILES string of the molecule is CC(C)(C)OC(=O)N[C@@H](C(=O)N[C@@H](C(N)=O)c1ccccc1)C12CC3CC(CC(O)(C3)C1)C2. The first-order chi connectivity index (χ1) is 15.4. The van der Waals surface area contributed by atoms with Crippen molar-refractivity contribution in [3.63, 3.8) is 0 Å². The molecule has 4 bridgehead atoms. The van der Waals surface area contributed by atoms with Crippen LogP contribution in [-0.2, 0) is 14.3 Å². The Hall–Kier alpha value is -2.61. The Morgan fingerprint density at radius 2 is 1.67 bits per heavy atom. The molecule has 4 aliphatic rings. The standard InChI is InChI=1S/C25H35N3O5/c1-23(2,3)33-22(31)28-19(21(30)27-18(20(26)29)17-7-5-4-6-8-17)24-10-15-9-16(11-24)13-25(32,12-15)14-24/h4-8,15-16,18-19,32H,9-14H2,1-3H3,(H2,26,29)(H,27,30)(H,28,31)/t15?,16?,18-,19+,24?,25?/m1/s1. The molecule has 1 aromatic rings. The number of aliphatic hydroxyl groups is 1. The van der Waals surface area contributed by atoms with Gasteiger partial charge < -0.3 is 26.2 Å². The van der Waals surface area contributed by atoms with Crippen molar-refractivity contribution in [3.8, 4) is 0 Å². The molecule has 0 saturated heterocycles. The highest BCUT2D eigenvalue weighted by Crippen LogP contribution is 2.62. The lowest BCUT2D eigenvalue weighted by molar-refractivity contribution is -0.177. The maximum absolute atomic E-state index is 13.7. The summed E-state index contributed by atoms with van der Waals surface area (Å²) in [6, 6.07) is 6.81. The zero-order chi connectivity index (χ0) is 24.0. The summed E-state index contributed by atoms with van der Waals surface area (Å²) in [4.78, 5) is 38.7. The first kappa shape index (κ1) is 23.5. The third-order valence-corrected chi connectivity index (χ3v) is 7.32. The number of carbonyl (C=O) groups is 3. The number of rotatable bonds is 6. The fraction of sp³-hybridized carbons (Fsp3) is 0.640. The van der Waals surface area contributed by atoms with Crippen molar-refractivity contribution in [1.82, 2.24) is 10.6 Å². The summed E-state index contributed by atoms with van der Waals surface area (Å²) in [7, 11) is 0. The summed E-state index contributed by atoms with van der Waals surface area (Å²) in [6.07, 6.45) is 3.74. The third kappa shape index (κ3) is 5.00. The van der Waals surface area contributed by atoms with E-state index in [9.17, 15) is 19.5 Å². The molecule has 4 fully saturated rings. The predicted octanol–water partition coefficient (Wildman–Crippen LogP) is 2.55. The number of nitrogens with two attached hydrogens (primary N) is 1. The molecule has 0 spiro atoms. The number of amides is 3. The Morgan fingerprint density at radius 3 is 2.18 bits per heavy atom. The van der Waals surface area contributed by atoms with Gasteiger partial charge >= 0.3 is 6.09 Å². The van der Waals surface area contributed by atoms with Crippen molar-refractivity contribution < 1.29 is 24.2 Å². The van der Waals surface area contributed by atoms with E-state index in [4.69, 9.17) is 10.5 Å². The molecular formula is C25H35N3O5. The number of hydrogen-bond acceptors (Lipinski definition) is 5. The lowest BCUT2D eigenvalue weighted by Gasteiger charge is -2.61. The summed E-state index contributed by atoms with van der Waals surface area (Å²) < 4.78 is 5.46. The summed E-state index contributed by atoms with van der Waals surface area (Å²) in [5, 5.41) is 16.8. The maximum atomic E-state index is 13.7. The number of nitrogens with one attached hydrogen (secondary N) is 2. The lowest BCUT2D eigenvalue weighted by Crippen LogP contribution is -2.66. The summed E-state index contributed by atoms with van der Waals surface area (Å²) >= 11 is 0. The summed E-state index contributed by atoms with van der Waals surface area (Å²) in [5.74, 6) is -0.546. The molecule has 0 heterocycles. The van der Waals surface area contributed by atoms with Gasteiger partial charge in [-0.1, -0.05) is 30.3 Å². The van der Waals surface area contributed by atoms with Gasteiger partial charge in [0.05, 0.1) is 5.60 Å². The van der Waals surface area contributed by atoms with Gasteiger partial charge in [0, 0.05) is 5.41 Å². The molecule has 2 unspecified atom stereocenters. The molecule has 4 aliphatic carbocycles. The zero-order valence-electron chi connectivity index (χ0n) is 19.6. The topological polar surface area (TPSA) is 131 Å². The summed E-state index contributed by atoms with van der Waals surface area (Å²) in [6.45, 7) is 5.27. The number of alkyl carbamates (subject to hydrolysis) is 1. The minimum absolute atomic E-state index is 0.313. The number of hydrogen-bond donors (Lipinski definition) is 4. The molecule has 8 heteroatoms. The van der Waals surface area contributed by atoms with E-state index in [1.807, 2.05) is 6.07 Å². The normalized spacial score (nSPS) is 32.0. The Labute approximate surface area is 194 Å². The largest absolute Gasteiger partial charge is 0.444 e. The van der Waals surface area contributed by atoms with E-state index in [0.717, 1.165) is 32.1 Å². The van der Waals surface area contributed by atoms with Crippen molar-refractivity contribution in [3.05, 3.63) is 35.9 Å². The average Bonchev–Trinajstić information content (AvgIpc) is 2.67. The van der Waals surface area contributed by atoms with Gasteiger partial charge in [0.25, 0.3) is 0 Å². The third-order valence-electron chi connectivity index (χ3n) is 7.32. The predicted molar refractivity (Wildman–Crippen MR) is 122 cm³/mol. The number of ether oxygens (including phenoxy) is 1. The highest BCUT2D eigenvalue weighted by Gasteiger charge is 2.61. The Morgan fingerprint density at radius 1 is 1.06 bits per heavy atom. The fourth-order valence-corrected chi connectivity index (χ4v) is 6.73. The zero-order valence-corrected chi connectivity index (χ0v) is 19.6. The number of carbonyl (C=O) groups excluding carboxylic acids is 3. The van der Waals surface area contributed by atoms with Gasteiger partial charge in [0.2, 0.25) is 11.8 Å². The van der Waals surface area contributed by atoms with Crippen LogP contribution >= 0.6 is 0 Å². The highest BCUT2D eigenvalue weighted by molar-refractivity contribution is 5.92. The molecule has 3 amide bonds. The van der Waals surface area contributed by atoms with Crippen molar-refractivity contribution in [2.24, 2.45) is 23.0 Å². The van der Waals surface area contributed by atoms with Crippen LogP contribution in [0.1, 0.15) is 70.9 Å². The average molecular weight is 458 g/mol. The Balaban J connectivity index is 1.63. The van der Waals surface area contributed by atoms with Crippen LogP contribution in [0.5, 0.6) is 0 Å². The maximum Gasteiger partial charge on any atom is 0.408 e. The van der Waals surface area contributed by atoms with E-state index in [2.05, 4.69) is 10.6 Å². The second-order valence-corrected chi connectivity index (χ2v) is 11.4. The van der Waals surface area contributed by atoms with E-state index in [-0.39, 0.29) is 0 Å². The van der Waals surface area contributed by atoms with Gasteiger partial charge in [0.15, 0.2) is 0 Å². The van der Waals surface area contributed by atoms with Crippen molar-refractivity contribution in [1.29, 1.82) is 0 Å². The first-order valence-electron chi connectivity index (χ1n) is 11.7. The molecule has 5 rings (SSSR count).